The minimum Gasteiger partial charge on any atom is -0.493 e. The molecule has 0 atom stereocenters. The Hall–Kier alpha value is -4.59. The van der Waals surface area contributed by atoms with Crippen molar-refractivity contribution in [2.24, 2.45) is 0 Å². The van der Waals surface area contributed by atoms with Gasteiger partial charge in [-0.1, -0.05) is 36.4 Å². The summed E-state index contributed by atoms with van der Waals surface area (Å²) in [4.78, 5) is 37.4. The summed E-state index contributed by atoms with van der Waals surface area (Å²) in [6, 6.07) is 21.2. The summed E-state index contributed by atoms with van der Waals surface area (Å²) in [5.41, 5.74) is 5.42. The van der Waals surface area contributed by atoms with Crippen LogP contribution in [0, 0.1) is 6.92 Å². The Morgan fingerprint density at radius 1 is 1.00 bits per heavy atom. The standard InChI is InChI=1S/C26H23N3O5/c1-17-7-6-8-19(13-17)27-24(30)16-34-22-12-11-18(15-23(22)33-2)14-21-25(31)28-29(26(21)32)20-9-4-3-5-10-20/h3-15H,16H2,1-2H3,(H,27,30)(H,28,31)/b21-14-. The van der Waals surface area contributed by atoms with Crippen LogP contribution in [0.5, 0.6) is 11.5 Å². The molecule has 0 aromatic heterocycles. The first-order valence-corrected chi connectivity index (χ1v) is 10.5. The first-order valence-electron chi connectivity index (χ1n) is 10.5. The number of nitrogens with one attached hydrogen (secondary N) is 2. The maximum Gasteiger partial charge on any atom is 0.282 e. The Bertz CT molecular complexity index is 1270. The third kappa shape index (κ3) is 5.07. The number of anilines is 2. The summed E-state index contributed by atoms with van der Waals surface area (Å²) in [6.45, 7) is 1.73. The quantitative estimate of drug-likeness (QED) is 0.418. The van der Waals surface area contributed by atoms with Gasteiger partial charge in [-0.15, -0.1) is 0 Å². The second-order valence-corrected chi connectivity index (χ2v) is 7.59. The molecule has 0 radical (unpaired) electrons. The Morgan fingerprint density at radius 2 is 1.79 bits per heavy atom. The van der Waals surface area contributed by atoms with E-state index in [4.69, 9.17) is 9.47 Å². The van der Waals surface area contributed by atoms with E-state index in [0.717, 1.165) is 5.56 Å². The van der Waals surface area contributed by atoms with Crippen LogP contribution in [0.4, 0.5) is 11.4 Å². The van der Waals surface area contributed by atoms with E-state index in [9.17, 15) is 14.4 Å². The van der Waals surface area contributed by atoms with Crippen LogP contribution in [0.2, 0.25) is 0 Å². The summed E-state index contributed by atoms with van der Waals surface area (Å²) < 4.78 is 11.0. The fourth-order valence-electron chi connectivity index (χ4n) is 3.44. The fourth-order valence-corrected chi connectivity index (χ4v) is 3.44. The van der Waals surface area contributed by atoms with Crippen molar-refractivity contribution in [2.45, 2.75) is 6.92 Å². The van der Waals surface area contributed by atoms with Gasteiger partial charge in [-0.05, 0) is 60.5 Å². The number of carbonyl (C=O) groups excluding carboxylic acids is 3. The molecular formula is C26H23N3O5. The average molecular weight is 457 g/mol. The molecule has 8 nitrogen and oxygen atoms in total. The summed E-state index contributed by atoms with van der Waals surface area (Å²) in [7, 11) is 1.47. The number of aryl methyl sites for hydroxylation is 1. The fraction of sp³-hybridized carbons (Fsp3) is 0.115. The maximum atomic E-state index is 12.8. The lowest BCUT2D eigenvalue weighted by Crippen LogP contribution is -2.35. The number of methoxy groups -OCH3 is 1. The van der Waals surface area contributed by atoms with E-state index >= 15 is 0 Å². The monoisotopic (exact) mass is 457 g/mol. The van der Waals surface area contributed by atoms with Crippen LogP contribution >= 0.6 is 0 Å². The zero-order valence-electron chi connectivity index (χ0n) is 18.7. The van der Waals surface area contributed by atoms with Gasteiger partial charge in [0.25, 0.3) is 17.7 Å². The number of para-hydroxylation sites is 1. The van der Waals surface area contributed by atoms with Gasteiger partial charge in [0.2, 0.25) is 0 Å². The lowest BCUT2D eigenvalue weighted by atomic mass is 10.1. The van der Waals surface area contributed by atoms with E-state index in [2.05, 4.69) is 10.7 Å². The molecule has 0 spiro atoms. The minimum absolute atomic E-state index is 0.00268. The molecule has 1 fully saturated rings. The molecule has 3 aromatic carbocycles. The van der Waals surface area contributed by atoms with Crippen LogP contribution < -0.4 is 25.2 Å². The lowest BCUT2D eigenvalue weighted by molar-refractivity contribution is -0.118. The van der Waals surface area contributed by atoms with Gasteiger partial charge in [-0.25, -0.2) is 5.01 Å². The first-order chi connectivity index (χ1) is 16.4. The highest BCUT2D eigenvalue weighted by atomic mass is 16.5. The van der Waals surface area contributed by atoms with Crippen molar-refractivity contribution in [3.8, 4) is 11.5 Å². The highest BCUT2D eigenvalue weighted by molar-refractivity contribution is 6.31. The molecule has 1 aliphatic heterocycles. The first kappa shape index (κ1) is 22.6. The van der Waals surface area contributed by atoms with Crippen LogP contribution in [-0.2, 0) is 14.4 Å². The van der Waals surface area contributed by atoms with Crippen LogP contribution in [-0.4, -0.2) is 31.4 Å². The van der Waals surface area contributed by atoms with Gasteiger partial charge in [0, 0.05) is 5.69 Å². The predicted octanol–water partition coefficient (Wildman–Crippen LogP) is 3.48. The van der Waals surface area contributed by atoms with Crippen molar-refractivity contribution in [1.82, 2.24) is 5.43 Å². The minimum atomic E-state index is -0.499. The van der Waals surface area contributed by atoms with E-state index in [1.165, 1.54) is 18.2 Å². The van der Waals surface area contributed by atoms with Gasteiger partial charge in [-0.3, -0.25) is 19.8 Å². The molecule has 8 heteroatoms. The van der Waals surface area contributed by atoms with Gasteiger partial charge in [0.1, 0.15) is 5.57 Å². The van der Waals surface area contributed by atoms with Crippen LogP contribution in [0.3, 0.4) is 0 Å². The number of benzene rings is 3. The normalized spacial score (nSPS) is 14.2. The molecule has 34 heavy (non-hydrogen) atoms. The van der Waals surface area contributed by atoms with Crippen LogP contribution in [0.1, 0.15) is 11.1 Å². The average Bonchev–Trinajstić information content (AvgIpc) is 3.12. The predicted molar refractivity (Wildman–Crippen MR) is 128 cm³/mol. The maximum absolute atomic E-state index is 12.8. The molecule has 0 unspecified atom stereocenters. The second kappa shape index (κ2) is 9.91. The van der Waals surface area contributed by atoms with E-state index < -0.39 is 11.8 Å². The van der Waals surface area contributed by atoms with Crippen molar-refractivity contribution in [3.05, 3.63) is 89.5 Å². The van der Waals surface area contributed by atoms with Crippen molar-refractivity contribution < 1.29 is 23.9 Å². The van der Waals surface area contributed by atoms with Crippen molar-refractivity contribution >= 4 is 35.2 Å². The van der Waals surface area contributed by atoms with E-state index in [1.807, 2.05) is 31.2 Å². The molecular weight excluding hydrogens is 434 g/mol. The number of hydrogen-bond donors (Lipinski definition) is 2. The SMILES string of the molecule is COc1cc(/C=C2/C(=O)NN(c3ccccc3)C2=O)ccc1OCC(=O)Nc1cccc(C)c1. The summed E-state index contributed by atoms with van der Waals surface area (Å²) in [5, 5.41) is 3.98. The van der Waals surface area contributed by atoms with Crippen molar-refractivity contribution in [1.29, 1.82) is 0 Å². The Balaban J connectivity index is 1.45. The molecule has 1 saturated heterocycles. The number of amides is 3. The third-order valence-corrected chi connectivity index (χ3v) is 5.07. The number of ether oxygens (including phenoxy) is 2. The molecule has 4 rings (SSSR count). The zero-order chi connectivity index (χ0) is 24.1. The topological polar surface area (TPSA) is 97.0 Å². The van der Waals surface area contributed by atoms with Crippen molar-refractivity contribution in [2.75, 3.05) is 24.0 Å². The Morgan fingerprint density at radius 3 is 2.53 bits per heavy atom. The molecule has 3 aromatic rings. The molecule has 3 amide bonds. The van der Waals surface area contributed by atoms with Gasteiger partial charge >= 0.3 is 0 Å². The van der Waals surface area contributed by atoms with E-state index in [1.54, 1.807) is 48.5 Å². The Kier molecular flexibility index (Phi) is 6.59. The van der Waals surface area contributed by atoms with Gasteiger partial charge < -0.3 is 14.8 Å². The van der Waals surface area contributed by atoms with Gasteiger partial charge in [0.05, 0.1) is 12.8 Å². The molecule has 172 valence electrons. The molecule has 1 aliphatic rings. The van der Waals surface area contributed by atoms with Crippen LogP contribution in [0.15, 0.2) is 78.4 Å². The smallest absolute Gasteiger partial charge is 0.282 e. The summed E-state index contributed by atoms with van der Waals surface area (Å²) >= 11 is 0. The van der Waals surface area contributed by atoms with E-state index in [0.29, 0.717) is 28.4 Å². The highest BCUT2D eigenvalue weighted by Crippen LogP contribution is 2.30. The van der Waals surface area contributed by atoms with Crippen LogP contribution in [0.25, 0.3) is 6.08 Å². The lowest BCUT2D eigenvalue weighted by Gasteiger charge is -2.14. The number of rotatable bonds is 7. The largest absolute Gasteiger partial charge is 0.493 e. The molecule has 2 N–H and O–H groups in total. The second-order valence-electron chi connectivity index (χ2n) is 7.59. The summed E-state index contributed by atoms with van der Waals surface area (Å²) in [6.07, 6.45) is 1.48. The van der Waals surface area contributed by atoms with E-state index in [-0.39, 0.29) is 18.1 Å². The van der Waals surface area contributed by atoms with Crippen molar-refractivity contribution in [3.63, 3.8) is 0 Å². The number of hydrazine groups is 1. The van der Waals surface area contributed by atoms with Gasteiger partial charge in [0.15, 0.2) is 18.1 Å². The molecule has 0 bridgehead atoms. The van der Waals surface area contributed by atoms with Gasteiger partial charge in [-0.2, -0.15) is 0 Å². The number of carbonyl (C=O) groups is 3. The molecule has 1 heterocycles. The zero-order valence-corrected chi connectivity index (χ0v) is 18.7. The highest BCUT2D eigenvalue weighted by Gasteiger charge is 2.34. The Labute approximate surface area is 196 Å². The number of nitrogens with zero attached hydrogens (tertiary/aromatic N) is 1. The third-order valence-electron chi connectivity index (χ3n) is 5.07. The molecule has 0 aliphatic carbocycles. The number of hydrogen-bond acceptors (Lipinski definition) is 5. The molecule has 0 saturated carbocycles. The summed E-state index contributed by atoms with van der Waals surface area (Å²) in [5.74, 6) is -0.544.